The molecule has 1 amide bonds. The Bertz CT molecular complexity index is 489. The SMILES string of the molecule is COC[C@H]1CCCN([C@H]2CCCN(c3ccccc3)C2=O)C1. The molecule has 2 aliphatic rings. The van der Waals surface area contributed by atoms with Gasteiger partial charge in [0.1, 0.15) is 0 Å². The van der Waals surface area contributed by atoms with Crippen LogP contribution >= 0.6 is 0 Å². The number of rotatable bonds is 4. The third-order valence-electron chi connectivity index (χ3n) is 4.87. The fourth-order valence-corrected chi connectivity index (χ4v) is 3.81. The summed E-state index contributed by atoms with van der Waals surface area (Å²) < 4.78 is 5.31. The molecule has 0 radical (unpaired) electrons. The summed E-state index contributed by atoms with van der Waals surface area (Å²) in [6.45, 7) is 3.68. The number of likely N-dealkylation sites (tertiary alicyclic amines) is 1. The smallest absolute Gasteiger partial charge is 0.244 e. The van der Waals surface area contributed by atoms with E-state index in [4.69, 9.17) is 4.74 Å². The molecular weight excluding hydrogens is 276 g/mol. The average Bonchev–Trinajstić information content (AvgIpc) is 2.56. The summed E-state index contributed by atoms with van der Waals surface area (Å²) in [6.07, 6.45) is 4.45. The molecule has 0 saturated carbocycles. The van der Waals surface area contributed by atoms with Gasteiger partial charge in [0.25, 0.3) is 0 Å². The summed E-state index contributed by atoms with van der Waals surface area (Å²) in [5.74, 6) is 0.842. The van der Waals surface area contributed by atoms with E-state index in [0.717, 1.165) is 44.8 Å². The molecule has 2 aliphatic heterocycles. The summed E-state index contributed by atoms with van der Waals surface area (Å²) >= 11 is 0. The molecule has 120 valence electrons. The first-order valence-corrected chi connectivity index (χ1v) is 8.39. The number of carbonyl (C=O) groups excluding carboxylic acids is 1. The number of para-hydroxylation sites is 1. The zero-order chi connectivity index (χ0) is 15.4. The highest BCUT2D eigenvalue weighted by molar-refractivity contribution is 5.97. The maximum absolute atomic E-state index is 12.9. The Kier molecular flexibility index (Phi) is 5.11. The maximum Gasteiger partial charge on any atom is 0.244 e. The Hall–Kier alpha value is -1.39. The van der Waals surface area contributed by atoms with Crippen molar-refractivity contribution in [2.24, 2.45) is 5.92 Å². The van der Waals surface area contributed by atoms with Crippen LogP contribution in [0.5, 0.6) is 0 Å². The number of hydrogen-bond acceptors (Lipinski definition) is 3. The number of piperidine rings is 2. The number of amides is 1. The molecule has 0 unspecified atom stereocenters. The molecule has 4 heteroatoms. The Morgan fingerprint density at radius 3 is 2.68 bits per heavy atom. The number of methoxy groups -OCH3 is 1. The van der Waals surface area contributed by atoms with E-state index >= 15 is 0 Å². The number of ether oxygens (including phenoxy) is 1. The van der Waals surface area contributed by atoms with Crippen LogP contribution in [0, 0.1) is 5.92 Å². The van der Waals surface area contributed by atoms with E-state index in [-0.39, 0.29) is 11.9 Å². The van der Waals surface area contributed by atoms with Crippen molar-refractivity contribution in [2.75, 3.05) is 38.3 Å². The van der Waals surface area contributed by atoms with Gasteiger partial charge in [0.15, 0.2) is 0 Å². The van der Waals surface area contributed by atoms with E-state index in [2.05, 4.69) is 4.90 Å². The highest BCUT2D eigenvalue weighted by Gasteiger charge is 2.35. The van der Waals surface area contributed by atoms with Gasteiger partial charge in [0, 0.05) is 25.9 Å². The topological polar surface area (TPSA) is 32.8 Å². The van der Waals surface area contributed by atoms with Crippen LogP contribution in [0.4, 0.5) is 5.69 Å². The monoisotopic (exact) mass is 302 g/mol. The van der Waals surface area contributed by atoms with E-state index in [9.17, 15) is 4.79 Å². The molecule has 2 atom stereocenters. The van der Waals surface area contributed by atoms with Crippen LogP contribution in [0.2, 0.25) is 0 Å². The second kappa shape index (κ2) is 7.25. The van der Waals surface area contributed by atoms with Crippen molar-refractivity contribution in [3.8, 4) is 0 Å². The molecule has 2 heterocycles. The number of benzene rings is 1. The van der Waals surface area contributed by atoms with Gasteiger partial charge in [-0.05, 0) is 50.3 Å². The normalized spacial score (nSPS) is 27.1. The van der Waals surface area contributed by atoms with Crippen LogP contribution in [0.15, 0.2) is 30.3 Å². The van der Waals surface area contributed by atoms with Crippen molar-refractivity contribution in [1.29, 1.82) is 0 Å². The second-order valence-corrected chi connectivity index (χ2v) is 6.44. The zero-order valence-corrected chi connectivity index (χ0v) is 13.4. The maximum atomic E-state index is 12.9. The molecular formula is C18H26N2O2. The molecule has 4 nitrogen and oxygen atoms in total. The van der Waals surface area contributed by atoms with Crippen molar-refractivity contribution in [1.82, 2.24) is 4.90 Å². The largest absolute Gasteiger partial charge is 0.384 e. The number of hydrogen-bond donors (Lipinski definition) is 0. The quantitative estimate of drug-likeness (QED) is 0.857. The Balaban J connectivity index is 1.70. The lowest BCUT2D eigenvalue weighted by Gasteiger charge is -2.42. The third-order valence-corrected chi connectivity index (χ3v) is 4.87. The lowest BCUT2D eigenvalue weighted by molar-refractivity contribution is -0.126. The summed E-state index contributed by atoms with van der Waals surface area (Å²) in [5.41, 5.74) is 1.03. The zero-order valence-electron chi connectivity index (χ0n) is 13.4. The molecule has 22 heavy (non-hydrogen) atoms. The van der Waals surface area contributed by atoms with Crippen LogP contribution in [-0.4, -0.2) is 50.2 Å². The first-order chi connectivity index (χ1) is 10.8. The van der Waals surface area contributed by atoms with Crippen molar-refractivity contribution >= 4 is 11.6 Å². The average molecular weight is 302 g/mol. The first-order valence-electron chi connectivity index (χ1n) is 8.39. The van der Waals surface area contributed by atoms with Crippen molar-refractivity contribution in [2.45, 2.75) is 31.7 Å². The fourth-order valence-electron chi connectivity index (χ4n) is 3.81. The molecule has 1 aromatic rings. The molecule has 2 fully saturated rings. The van der Waals surface area contributed by atoms with Gasteiger partial charge >= 0.3 is 0 Å². The molecule has 0 aliphatic carbocycles. The Morgan fingerprint density at radius 2 is 1.91 bits per heavy atom. The standard InChI is InChI=1S/C18H26N2O2/c1-22-14-15-7-5-11-19(13-15)17-10-6-12-20(18(17)21)16-8-3-2-4-9-16/h2-4,8-9,15,17H,5-7,10-14H2,1H3/t15-,17-/m0/s1. The van der Waals surface area contributed by atoms with Gasteiger partial charge < -0.3 is 9.64 Å². The van der Waals surface area contributed by atoms with E-state index in [0.29, 0.717) is 5.92 Å². The van der Waals surface area contributed by atoms with E-state index in [1.165, 1.54) is 12.8 Å². The number of carbonyl (C=O) groups is 1. The Morgan fingerprint density at radius 1 is 1.14 bits per heavy atom. The number of nitrogens with zero attached hydrogens (tertiary/aromatic N) is 2. The minimum atomic E-state index is 0.0496. The van der Waals surface area contributed by atoms with Gasteiger partial charge in [0.05, 0.1) is 12.6 Å². The molecule has 0 N–H and O–H groups in total. The van der Waals surface area contributed by atoms with Gasteiger partial charge in [0.2, 0.25) is 5.91 Å². The third kappa shape index (κ3) is 3.33. The summed E-state index contributed by atoms with van der Waals surface area (Å²) in [4.78, 5) is 17.3. The van der Waals surface area contributed by atoms with E-state index in [1.54, 1.807) is 7.11 Å². The van der Waals surface area contributed by atoms with E-state index < -0.39 is 0 Å². The van der Waals surface area contributed by atoms with Crippen LogP contribution in [-0.2, 0) is 9.53 Å². The van der Waals surface area contributed by atoms with Crippen molar-refractivity contribution in [3.05, 3.63) is 30.3 Å². The van der Waals surface area contributed by atoms with Crippen LogP contribution in [0.1, 0.15) is 25.7 Å². The summed E-state index contributed by atoms with van der Waals surface area (Å²) in [7, 11) is 1.77. The summed E-state index contributed by atoms with van der Waals surface area (Å²) in [5, 5.41) is 0. The molecule has 0 spiro atoms. The van der Waals surface area contributed by atoms with Crippen molar-refractivity contribution in [3.63, 3.8) is 0 Å². The molecule has 0 bridgehead atoms. The molecule has 3 rings (SSSR count). The van der Waals surface area contributed by atoms with Gasteiger partial charge in [-0.1, -0.05) is 18.2 Å². The molecule has 0 aromatic heterocycles. The Labute approximate surface area is 133 Å². The predicted octanol–water partition coefficient (Wildman–Crippen LogP) is 2.54. The second-order valence-electron chi connectivity index (χ2n) is 6.44. The minimum Gasteiger partial charge on any atom is -0.384 e. The van der Waals surface area contributed by atoms with Gasteiger partial charge in [-0.15, -0.1) is 0 Å². The van der Waals surface area contributed by atoms with Gasteiger partial charge in [-0.2, -0.15) is 0 Å². The minimum absolute atomic E-state index is 0.0496. The van der Waals surface area contributed by atoms with Gasteiger partial charge in [-0.25, -0.2) is 0 Å². The van der Waals surface area contributed by atoms with E-state index in [1.807, 2.05) is 35.2 Å². The molecule has 2 saturated heterocycles. The summed E-state index contributed by atoms with van der Waals surface area (Å²) in [6, 6.07) is 10.1. The first kappa shape index (κ1) is 15.5. The lowest BCUT2D eigenvalue weighted by atomic mass is 9.94. The fraction of sp³-hybridized carbons (Fsp3) is 0.611. The number of anilines is 1. The molecule has 1 aromatic carbocycles. The van der Waals surface area contributed by atoms with Crippen LogP contribution in [0.3, 0.4) is 0 Å². The van der Waals surface area contributed by atoms with Gasteiger partial charge in [-0.3, -0.25) is 9.69 Å². The highest BCUT2D eigenvalue weighted by atomic mass is 16.5. The lowest BCUT2D eigenvalue weighted by Crippen LogP contribution is -2.55. The van der Waals surface area contributed by atoms with Crippen LogP contribution < -0.4 is 4.90 Å². The predicted molar refractivity (Wildman–Crippen MR) is 88.0 cm³/mol. The highest BCUT2D eigenvalue weighted by Crippen LogP contribution is 2.27. The van der Waals surface area contributed by atoms with Crippen LogP contribution in [0.25, 0.3) is 0 Å². The van der Waals surface area contributed by atoms with Crippen molar-refractivity contribution < 1.29 is 9.53 Å².